The van der Waals surface area contributed by atoms with Crippen molar-refractivity contribution in [3.05, 3.63) is 64.3 Å². The molecular weight excluding hydrogens is 502 g/mol. The summed E-state index contributed by atoms with van der Waals surface area (Å²) < 4.78 is 6.39. The van der Waals surface area contributed by atoms with E-state index >= 15 is 0 Å². The number of carbonyl (C=O) groups is 1. The van der Waals surface area contributed by atoms with Crippen molar-refractivity contribution in [2.45, 2.75) is 19.6 Å². The number of aliphatic hydroxyl groups is 1. The zero-order valence-electron chi connectivity index (χ0n) is 19.1. The van der Waals surface area contributed by atoms with Crippen LogP contribution >= 0.6 is 15.9 Å². The highest BCUT2D eigenvalue weighted by molar-refractivity contribution is 9.10. The third-order valence-corrected chi connectivity index (χ3v) is 5.52. The van der Waals surface area contributed by atoms with Crippen LogP contribution < -0.4 is 15.4 Å². The van der Waals surface area contributed by atoms with Gasteiger partial charge in [0.25, 0.3) is 0 Å². The molecule has 3 aromatic rings. The summed E-state index contributed by atoms with van der Waals surface area (Å²) in [7, 11) is 3.62. The average Bonchev–Trinajstić information content (AvgIpc) is 2.81. The molecule has 0 radical (unpaired) electrons. The van der Waals surface area contributed by atoms with Gasteiger partial charge >= 0.3 is 6.09 Å². The molecule has 0 fully saturated rings. The zero-order chi connectivity index (χ0) is 24.5. The fraction of sp³-hybridized carbons (Fsp3) is 0.292. The first-order valence-corrected chi connectivity index (χ1v) is 11.5. The average molecular weight is 530 g/mol. The molecule has 1 heterocycles. The molecular formula is C24H28BrN5O4. The predicted octanol–water partition coefficient (Wildman–Crippen LogP) is 4.24. The Kier molecular flexibility index (Phi) is 9.20. The van der Waals surface area contributed by atoms with Gasteiger partial charge in [0.05, 0.1) is 19.4 Å². The van der Waals surface area contributed by atoms with E-state index in [0.717, 1.165) is 44.8 Å². The molecule has 0 aliphatic carbocycles. The van der Waals surface area contributed by atoms with Crippen molar-refractivity contribution in [3.8, 4) is 17.0 Å². The number of amides is 1. The lowest BCUT2D eigenvalue weighted by Gasteiger charge is -2.19. The number of nitrogens with zero attached hydrogens (tertiary/aromatic N) is 3. The van der Waals surface area contributed by atoms with E-state index in [1.54, 1.807) is 13.3 Å². The Balaban J connectivity index is 1.75. The molecule has 34 heavy (non-hydrogen) atoms. The molecule has 1 amide bonds. The summed E-state index contributed by atoms with van der Waals surface area (Å²) in [5, 5.41) is 23.7. The first-order chi connectivity index (χ1) is 16.4. The number of hydrogen-bond acceptors (Lipinski definition) is 7. The van der Waals surface area contributed by atoms with Crippen LogP contribution in [0.25, 0.3) is 11.3 Å². The van der Waals surface area contributed by atoms with Crippen LogP contribution in [0, 0.1) is 0 Å². The molecule has 0 spiro atoms. The highest BCUT2D eigenvalue weighted by Gasteiger charge is 2.11. The number of anilines is 2. The van der Waals surface area contributed by atoms with E-state index in [9.17, 15) is 9.90 Å². The van der Waals surface area contributed by atoms with Gasteiger partial charge in [0.15, 0.2) is 0 Å². The van der Waals surface area contributed by atoms with Gasteiger partial charge in [0.2, 0.25) is 5.95 Å². The van der Waals surface area contributed by atoms with Crippen LogP contribution in [-0.2, 0) is 13.2 Å². The number of benzene rings is 2. The van der Waals surface area contributed by atoms with Crippen molar-refractivity contribution in [2.75, 3.05) is 32.6 Å². The Morgan fingerprint density at radius 1 is 1.21 bits per heavy atom. The van der Waals surface area contributed by atoms with Crippen LogP contribution in [0.4, 0.5) is 16.4 Å². The van der Waals surface area contributed by atoms with E-state index in [1.165, 1.54) is 0 Å². The lowest BCUT2D eigenvalue weighted by molar-refractivity contribution is 0.193. The van der Waals surface area contributed by atoms with E-state index in [-0.39, 0.29) is 6.61 Å². The number of aromatic nitrogens is 2. The van der Waals surface area contributed by atoms with Crippen LogP contribution in [0.3, 0.4) is 0 Å². The molecule has 0 bridgehead atoms. The molecule has 0 aliphatic rings. The topological polar surface area (TPSA) is 120 Å². The lowest BCUT2D eigenvalue weighted by atomic mass is 10.1. The van der Waals surface area contributed by atoms with Gasteiger partial charge in [-0.05, 0) is 68.0 Å². The van der Waals surface area contributed by atoms with Crippen LogP contribution in [0.2, 0.25) is 0 Å². The first kappa shape index (κ1) is 25.4. The quantitative estimate of drug-likeness (QED) is 0.272. The number of rotatable bonds is 11. The summed E-state index contributed by atoms with van der Waals surface area (Å²) in [5.74, 6) is 1.22. The largest absolute Gasteiger partial charge is 0.496 e. The van der Waals surface area contributed by atoms with E-state index < -0.39 is 6.09 Å². The van der Waals surface area contributed by atoms with Crippen molar-refractivity contribution in [1.82, 2.24) is 20.2 Å². The van der Waals surface area contributed by atoms with Crippen molar-refractivity contribution in [3.63, 3.8) is 0 Å². The van der Waals surface area contributed by atoms with Crippen molar-refractivity contribution >= 4 is 33.7 Å². The molecule has 0 saturated heterocycles. The second kappa shape index (κ2) is 12.3. The minimum atomic E-state index is -1.01. The number of methoxy groups -OCH3 is 1. The highest BCUT2D eigenvalue weighted by Crippen LogP contribution is 2.28. The van der Waals surface area contributed by atoms with Crippen molar-refractivity contribution in [1.29, 1.82) is 0 Å². The Morgan fingerprint density at radius 3 is 2.76 bits per heavy atom. The van der Waals surface area contributed by atoms with Gasteiger partial charge in [-0.15, -0.1) is 0 Å². The monoisotopic (exact) mass is 529 g/mol. The summed E-state index contributed by atoms with van der Waals surface area (Å²) in [4.78, 5) is 21.7. The summed E-state index contributed by atoms with van der Waals surface area (Å²) in [6.07, 6.45) is 1.39. The third kappa shape index (κ3) is 7.41. The second-order valence-corrected chi connectivity index (χ2v) is 8.66. The number of aliphatic hydroxyl groups excluding tert-OH is 1. The van der Waals surface area contributed by atoms with E-state index in [1.807, 2.05) is 49.5 Å². The standard InChI is InChI=1S/C24H28BrN5O4/c1-30(9-3-7-27-24(32)33)14-18-12-17(4-5-22(18)34-2)21-6-8-26-23(29-21)28-20-11-16(15-31)10-19(25)13-20/h4-6,8,10-13,27,31H,3,7,9,14-15H2,1-2H3,(H,32,33)(H,26,28,29). The van der Waals surface area contributed by atoms with Gasteiger partial charge in [-0.2, -0.15) is 0 Å². The molecule has 0 unspecified atom stereocenters. The number of halogens is 1. The maximum Gasteiger partial charge on any atom is 0.404 e. The maximum absolute atomic E-state index is 10.6. The number of ether oxygens (including phenoxy) is 1. The molecule has 0 aliphatic heterocycles. The summed E-state index contributed by atoms with van der Waals surface area (Å²) in [5.41, 5.74) is 4.22. The number of carboxylic acid groups (broad SMARTS) is 1. The van der Waals surface area contributed by atoms with Gasteiger partial charge < -0.3 is 30.5 Å². The Hall–Kier alpha value is -3.21. The zero-order valence-corrected chi connectivity index (χ0v) is 20.7. The van der Waals surface area contributed by atoms with E-state index in [2.05, 4.69) is 41.4 Å². The summed E-state index contributed by atoms with van der Waals surface area (Å²) in [6, 6.07) is 13.3. The first-order valence-electron chi connectivity index (χ1n) is 10.7. The van der Waals surface area contributed by atoms with Crippen LogP contribution in [0.15, 0.2) is 53.1 Å². The molecule has 9 nitrogen and oxygen atoms in total. The van der Waals surface area contributed by atoms with Gasteiger partial charge in [0.1, 0.15) is 5.75 Å². The molecule has 0 atom stereocenters. The molecule has 4 N–H and O–H groups in total. The van der Waals surface area contributed by atoms with Gasteiger partial charge in [0, 0.05) is 40.6 Å². The molecule has 10 heteroatoms. The fourth-order valence-electron chi connectivity index (χ4n) is 3.50. The van der Waals surface area contributed by atoms with E-state index in [4.69, 9.17) is 9.84 Å². The van der Waals surface area contributed by atoms with Crippen LogP contribution in [0.1, 0.15) is 17.5 Å². The predicted molar refractivity (Wildman–Crippen MR) is 134 cm³/mol. The Morgan fingerprint density at radius 2 is 2.03 bits per heavy atom. The molecule has 3 rings (SSSR count). The third-order valence-electron chi connectivity index (χ3n) is 5.06. The molecule has 1 aromatic heterocycles. The Bertz CT molecular complexity index is 1130. The van der Waals surface area contributed by atoms with Crippen LogP contribution in [-0.4, -0.2) is 58.4 Å². The van der Waals surface area contributed by atoms with Gasteiger partial charge in [-0.1, -0.05) is 15.9 Å². The lowest BCUT2D eigenvalue weighted by Crippen LogP contribution is -2.26. The number of hydrogen-bond donors (Lipinski definition) is 4. The highest BCUT2D eigenvalue weighted by atomic mass is 79.9. The summed E-state index contributed by atoms with van der Waals surface area (Å²) >= 11 is 3.45. The second-order valence-electron chi connectivity index (χ2n) is 7.75. The van der Waals surface area contributed by atoms with Gasteiger partial charge in [-0.25, -0.2) is 14.8 Å². The fourth-order valence-corrected chi connectivity index (χ4v) is 4.04. The Labute approximate surface area is 206 Å². The minimum Gasteiger partial charge on any atom is -0.496 e. The summed E-state index contributed by atoms with van der Waals surface area (Å²) in [6.45, 7) is 1.72. The molecule has 0 saturated carbocycles. The number of nitrogens with one attached hydrogen (secondary N) is 2. The molecule has 180 valence electrons. The minimum absolute atomic E-state index is 0.0613. The normalized spacial score (nSPS) is 10.9. The molecule has 2 aromatic carbocycles. The maximum atomic E-state index is 10.6. The smallest absolute Gasteiger partial charge is 0.404 e. The van der Waals surface area contributed by atoms with Crippen molar-refractivity contribution in [2.24, 2.45) is 0 Å². The van der Waals surface area contributed by atoms with E-state index in [0.29, 0.717) is 25.5 Å². The van der Waals surface area contributed by atoms with Gasteiger partial charge in [-0.3, -0.25) is 0 Å². The van der Waals surface area contributed by atoms with Crippen LogP contribution in [0.5, 0.6) is 5.75 Å². The SMILES string of the molecule is COc1ccc(-c2ccnc(Nc3cc(Br)cc(CO)c3)n2)cc1CN(C)CCCNC(=O)O. The van der Waals surface area contributed by atoms with Crippen molar-refractivity contribution < 1.29 is 19.7 Å².